The number of carbonyl (C=O) groups is 1. The molecular weight excluding hydrogens is 331 g/mol. The van der Waals surface area contributed by atoms with Crippen molar-refractivity contribution in [2.75, 3.05) is 37.6 Å². The summed E-state index contributed by atoms with van der Waals surface area (Å²) < 4.78 is 0. The molecule has 23 heavy (non-hydrogen) atoms. The average Bonchev–Trinajstić information content (AvgIpc) is 2.56. The summed E-state index contributed by atoms with van der Waals surface area (Å²) >= 11 is 11.9. The van der Waals surface area contributed by atoms with Crippen molar-refractivity contribution in [2.45, 2.75) is 0 Å². The highest BCUT2D eigenvalue weighted by Gasteiger charge is 2.23. The van der Waals surface area contributed by atoms with Gasteiger partial charge in [-0.25, -0.2) is 0 Å². The number of piperazine rings is 1. The van der Waals surface area contributed by atoms with E-state index in [1.807, 2.05) is 18.2 Å². The first-order valence-electron chi connectivity index (χ1n) is 7.75. The van der Waals surface area contributed by atoms with Crippen LogP contribution in [-0.4, -0.2) is 38.5 Å². The zero-order valence-electron chi connectivity index (χ0n) is 12.8. The van der Waals surface area contributed by atoms with Gasteiger partial charge in [0, 0.05) is 21.3 Å². The van der Waals surface area contributed by atoms with Gasteiger partial charge in [-0.2, -0.15) is 0 Å². The quantitative estimate of drug-likeness (QED) is 0.858. The smallest absolute Gasteiger partial charge is 0.216 e. The van der Waals surface area contributed by atoms with Crippen molar-refractivity contribution < 1.29 is 9.69 Å². The molecule has 1 N–H and O–H groups in total. The number of benzene rings is 2. The Labute approximate surface area is 146 Å². The SMILES string of the molecule is O=C(C[NH+]1CCN(c2cccc(Cl)c2)CC1)c1ccc(Cl)cc1. The van der Waals surface area contributed by atoms with Crippen LogP contribution in [0.4, 0.5) is 5.69 Å². The Hall–Kier alpha value is -1.55. The van der Waals surface area contributed by atoms with E-state index in [0.717, 1.165) is 42.5 Å². The number of Topliss-reactive ketones (excluding diaryl/α,β-unsaturated/α-hetero) is 1. The van der Waals surface area contributed by atoms with Gasteiger partial charge in [0.05, 0.1) is 26.2 Å². The average molecular weight is 350 g/mol. The van der Waals surface area contributed by atoms with Gasteiger partial charge in [-0.15, -0.1) is 0 Å². The van der Waals surface area contributed by atoms with Crippen molar-refractivity contribution >= 4 is 34.7 Å². The molecule has 0 radical (unpaired) electrons. The van der Waals surface area contributed by atoms with Gasteiger partial charge >= 0.3 is 0 Å². The monoisotopic (exact) mass is 349 g/mol. The summed E-state index contributed by atoms with van der Waals surface area (Å²) in [4.78, 5) is 16.0. The Morgan fingerprint density at radius 1 is 1.00 bits per heavy atom. The van der Waals surface area contributed by atoms with E-state index in [1.54, 1.807) is 24.3 Å². The highest BCUT2D eigenvalue weighted by Crippen LogP contribution is 2.19. The maximum atomic E-state index is 12.3. The van der Waals surface area contributed by atoms with E-state index in [0.29, 0.717) is 11.6 Å². The van der Waals surface area contributed by atoms with Crippen LogP contribution in [0.25, 0.3) is 0 Å². The number of carbonyl (C=O) groups excluding carboxylic acids is 1. The normalized spacial score (nSPS) is 15.7. The lowest BCUT2D eigenvalue weighted by Gasteiger charge is -2.33. The summed E-state index contributed by atoms with van der Waals surface area (Å²) in [5.41, 5.74) is 1.89. The molecule has 0 aliphatic carbocycles. The van der Waals surface area contributed by atoms with Crippen LogP contribution in [0.2, 0.25) is 10.0 Å². The summed E-state index contributed by atoms with van der Waals surface area (Å²) in [5.74, 6) is 0.174. The lowest BCUT2D eigenvalue weighted by molar-refractivity contribution is -0.892. The van der Waals surface area contributed by atoms with Crippen molar-refractivity contribution in [3.05, 3.63) is 64.1 Å². The molecule has 120 valence electrons. The highest BCUT2D eigenvalue weighted by atomic mass is 35.5. The lowest BCUT2D eigenvalue weighted by Crippen LogP contribution is -3.15. The van der Waals surface area contributed by atoms with Gasteiger partial charge in [0.1, 0.15) is 6.54 Å². The molecule has 5 heteroatoms. The van der Waals surface area contributed by atoms with Crippen molar-refractivity contribution in [3.63, 3.8) is 0 Å². The van der Waals surface area contributed by atoms with Crippen LogP contribution in [0.5, 0.6) is 0 Å². The number of hydrogen-bond acceptors (Lipinski definition) is 2. The standard InChI is InChI=1S/C18H18Cl2N2O/c19-15-6-4-14(5-7-15)18(23)13-21-8-10-22(11-9-21)17-3-1-2-16(20)12-17/h1-7,12H,8-11,13H2/p+1. The Morgan fingerprint density at radius 2 is 1.70 bits per heavy atom. The van der Waals surface area contributed by atoms with Crippen LogP contribution in [-0.2, 0) is 0 Å². The number of nitrogens with zero attached hydrogens (tertiary/aromatic N) is 1. The Morgan fingerprint density at radius 3 is 2.35 bits per heavy atom. The fourth-order valence-electron chi connectivity index (χ4n) is 2.90. The molecule has 3 rings (SSSR count). The molecule has 0 unspecified atom stereocenters. The molecule has 2 aromatic carbocycles. The minimum Gasteiger partial charge on any atom is -0.360 e. The zero-order chi connectivity index (χ0) is 16.2. The molecule has 0 aromatic heterocycles. The summed E-state index contributed by atoms with van der Waals surface area (Å²) in [6.45, 7) is 4.30. The van der Waals surface area contributed by atoms with Crippen LogP contribution in [0.3, 0.4) is 0 Å². The van der Waals surface area contributed by atoms with Gasteiger partial charge in [-0.3, -0.25) is 4.79 Å². The van der Waals surface area contributed by atoms with Crippen molar-refractivity contribution in [1.82, 2.24) is 0 Å². The van der Waals surface area contributed by atoms with E-state index in [2.05, 4.69) is 11.0 Å². The molecule has 1 aliphatic heterocycles. The summed E-state index contributed by atoms with van der Waals surface area (Å²) in [5, 5.41) is 1.42. The fraction of sp³-hybridized carbons (Fsp3) is 0.278. The minimum atomic E-state index is 0.174. The second-order valence-corrected chi connectivity index (χ2v) is 6.70. The van der Waals surface area contributed by atoms with E-state index in [-0.39, 0.29) is 5.78 Å². The Balaban J connectivity index is 1.55. The lowest BCUT2D eigenvalue weighted by atomic mass is 10.1. The van der Waals surface area contributed by atoms with Crippen LogP contribution in [0, 0.1) is 0 Å². The largest absolute Gasteiger partial charge is 0.360 e. The number of nitrogens with one attached hydrogen (secondary N) is 1. The van der Waals surface area contributed by atoms with Gasteiger partial charge in [0.2, 0.25) is 5.78 Å². The minimum absolute atomic E-state index is 0.174. The molecule has 3 nitrogen and oxygen atoms in total. The van der Waals surface area contributed by atoms with Gasteiger partial charge in [-0.1, -0.05) is 29.3 Å². The first-order chi connectivity index (χ1) is 11.1. The third kappa shape index (κ3) is 4.25. The number of ketones is 1. The van der Waals surface area contributed by atoms with E-state index in [9.17, 15) is 4.79 Å². The Bertz CT molecular complexity index is 680. The summed E-state index contributed by atoms with van der Waals surface area (Å²) in [7, 11) is 0. The van der Waals surface area contributed by atoms with Crippen molar-refractivity contribution in [1.29, 1.82) is 0 Å². The van der Waals surface area contributed by atoms with Crippen molar-refractivity contribution in [2.24, 2.45) is 0 Å². The highest BCUT2D eigenvalue weighted by molar-refractivity contribution is 6.31. The number of hydrogen-bond donors (Lipinski definition) is 1. The summed E-state index contributed by atoms with van der Waals surface area (Å²) in [6.07, 6.45) is 0. The van der Waals surface area contributed by atoms with Crippen LogP contribution in [0.15, 0.2) is 48.5 Å². The van der Waals surface area contributed by atoms with Crippen LogP contribution in [0.1, 0.15) is 10.4 Å². The van der Waals surface area contributed by atoms with Crippen LogP contribution >= 0.6 is 23.2 Å². The molecule has 1 aliphatic rings. The van der Waals surface area contributed by atoms with E-state index in [4.69, 9.17) is 23.2 Å². The first-order valence-corrected chi connectivity index (χ1v) is 8.50. The number of anilines is 1. The maximum absolute atomic E-state index is 12.3. The topological polar surface area (TPSA) is 24.8 Å². The second-order valence-electron chi connectivity index (χ2n) is 5.82. The molecule has 2 aromatic rings. The molecule has 1 fully saturated rings. The van der Waals surface area contributed by atoms with E-state index >= 15 is 0 Å². The first kappa shape index (κ1) is 16.3. The molecule has 0 saturated carbocycles. The van der Waals surface area contributed by atoms with Crippen LogP contribution < -0.4 is 9.80 Å². The molecule has 1 saturated heterocycles. The third-order valence-electron chi connectivity index (χ3n) is 4.22. The Kier molecular flexibility index (Phi) is 5.21. The molecule has 0 atom stereocenters. The fourth-order valence-corrected chi connectivity index (χ4v) is 3.21. The number of quaternary nitrogens is 1. The van der Waals surface area contributed by atoms with Crippen molar-refractivity contribution in [3.8, 4) is 0 Å². The summed E-state index contributed by atoms with van der Waals surface area (Å²) in [6, 6.07) is 15.1. The predicted octanol–water partition coefficient (Wildman–Crippen LogP) is 2.58. The van der Waals surface area contributed by atoms with E-state index in [1.165, 1.54) is 4.90 Å². The maximum Gasteiger partial charge on any atom is 0.216 e. The van der Waals surface area contributed by atoms with Gasteiger partial charge in [0.25, 0.3) is 0 Å². The van der Waals surface area contributed by atoms with Gasteiger partial charge in [-0.05, 0) is 42.5 Å². The molecule has 1 heterocycles. The van der Waals surface area contributed by atoms with Gasteiger partial charge in [0.15, 0.2) is 0 Å². The number of halogens is 2. The molecule has 0 bridgehead atoms. The molecular formula is C18H19Cl2N2O+. The van der Waals surface area contributed by atoms with Gasteiger partial charge < -0.3 is 9.80 Å². The molecule has 0 spiro atoms. The predicted molar refractivity (Wildman–Crippen MR) is 95.0 cm³/mol. The van der Waals surface area contributed by atoms with E-state index < -0.39 is 0 Å². The molecule has 0 amide bonds. The second kappa shape index (κ2) is 7.35. The zero-order valence-corrected chi connectivity index (χ0v) is 14.3. The third-order valence-corrected chi connectivity index (χ3v) is 4.71. The number of rotatable bonds is 4.